The SMILES string of the molecule is CNC1Cc2c(cccc2CO)C#CCCC23CC4C#CCC5C(c6ccccc6)CCC6C5CCC65CC6(C=O)C4C(O)(CC4CC(C(C)C7CCCC7)CCC(C5O)C46O)C2(O)CC2CC1C1OC(=O)C=C1C23. The van der Waals surface area contributed by atoms with Gasteiger partial charge in [0.15, 0.2) is 0 Å². The van der Waals surface area contributed by atoms with Gasteiger partial charge < -0.3 is 40.4 Å². The van der Waals surface area contributed by atoms with Crippen LogP contribution in [0.5, 0.6) is 0 Å². The maximum absolute atomic E-state index is 15.6. The Morgan fingerprint density at radius 3 is 2.47 bits per heavy atom. The molecule has 12 aliphatic carbocycles. The number of benzene rings is 2. The molecule has 9 fully saturated rings. The number of fused-ring (bicyclic) bond motifs is 4. The quantitative estimate of drug-likeness (QED) is 0.0948. The van der Waals surface area contributed by atoms with Crippen LogP contribution in [-0.4, -0.2) is 79.9 Å². The van der Waals surface area contributed by atoms with E-state index in [1.54, 1.807) is 6.08 Å². The van der Waals surface area contributed by atoms with Gasteiger partial charge in [-0.25, -0.2) is 4.79 Å². The van der Waals surface area contributed by atoms with E-state index in [9.17, 15) is 25.2 Å². The van der Waals surface area contributed by atoms with Crippen molar-refractivity contribution in [2.24, 2.45) is 93.2 Å². The number of hydrogen-bond acceptors (Lipinski definition) is 9. The fourth-order valence-electron chi connectivity index (χ4n) is 22.9. The van der Waals surface area contributed by atoms with E-state index in [4.69, 9.17) is 4.74 Å². The summed E-state index contributed by atoms with van der Waals surface area (Å²) in [4.78, 5) is 29.5. The minimum atomic E-state index is -1.86. The highest BCUT2D eigenvalue weighted by molar-refractivity contribution is 5.86. The van der Waals surface area contributed by atoms with Crippen molar-refractivity contribution < 1.29 is 39.9 Å². The van der Waals surface area contributed by atoms with E-state index in [0.29, 0.717) is 75.5 Å². The summed E-state index contributed by atoms with van der Waals surface area (Å²) in [5, 5.41) is 72.8. The molecule has 1 heterocycles. The van der Waals surface area contributed by atoms with Gasteiger partial charge in [0, 0.05) is 65.0 Å². The highest BCUT2D eigenvalue weighted by Gasteiger charge is 2.86. The molecule has 22 atom stereocenters. The van der Waals surface area contributed by atoms with Gasteiger partial charge in [0.25, 0.3) is 0 Å². The number of aliphatic hydroxyl groups excluding tert-OH is 2. The van der Waals surface area contributed by atoms with Crippen molar-refractivity contribution in [2.45, 2.75) is 183 Å². The maximum atomic E-state index is 15.6. The van der Waals surface area contributed by atoms with Gasteiger partial charge in [-0.15, -0.1) is 5.92 Å². The second-order valence-corrected chi connectivity index (χ2v) is 27.5. The Kier molecular flexibility index (Phi) is 11.6. The average Bonchev–Trinajstić information content (AvgIpc) is 4.12. The normalized spacial score (nSPS) is 49.2. The van der Waals surface area contributed by atoms with Gasteiger partial charge >= 0.3 is 5.97 Å². The summed E-state index contributed by atoms with van der Waals surface area (Å²) in [5.74, 6) is 13.5. The number of aldehydes is 1. The van der Waals surface area contributed by atoms with Crippen molar-refractivity contribution in [3.05, 3.63) is 82.4 Å². The number of likely N-dealkylation sites (N-methyl/N-ethyl adjacent to an activating group) is 1. The number of esters is 1. The molecular weight excluding hydrogens is 935 g/mol. The van der Waals surface area contributed by atoms with E-state index in [-0.39, 0.29) is 72.9 Å². The predicted octanol–water partition coefficient (Wildman–Crippen LogP) is 8.60. The Balaban J connectivity index is 0.998. The first-order valence-corrected chi connectivity index (χ1v) is 29.9. The Bertz CT molecular complexity index is 2800. The predicted molar refractivity (Wildman–Crippen MR) is 284 cm³/mol. The van der Waals surface area contributed by atoms with Crippen LogP contribution in [0.4, 0.5) is 0 Å². The average molecular weight is 1020 g/mol. The molecule has 0 radical (unpaired) electrons. The van der Waals surface area contributed by atoms with Crippen LogP contribution in [0, 0.1) is 117 Å². The maximum Gasteiger partial charge on any atom is 0.331 e. The molecule has 2 spiro atoms. The zero-order valence-corrected chi connectivity index (χ0v) is 44.4. The molecule has 9 heteroatoms. The van der Waals surface area contributed by atoms with E-state index in [0.717, 1.165) is 60.7 Å². The molecule has 13 aliphatic rings. The molecule has 398 valence electrons. The van der Waals surface area contributed by atoms with Crippen molar-refractivity contribution in [2.75, 3.05) is 7.05 Å². The lowest BCUT2D eigenvalue weighted by Gasteiger charge is -2.75. The van der Waals surface area contributed by atoms with Gasteiger partial charge in [0.05, 0.1) is 29.3 Å². The summed E-state index contributed by atoms with van der Waals surface area (Å²) >= 11 is 0. The topological polar surface area (TPSA) is 157 Å². The first kappa shape index (κ1) is 49.5. The molecule has 2 aromatic carbocycles. The lowest BCUT2D eigenvalue weighted by molar-refractivity contribution is -0.364. The van der Waals surface area contributed by atoms with E-state index in [1.165, 1.54) is 31.2 Å². The first-order valence-electron chi connectivity index (χ1n) is 29.9. The number of carbonyl (C=O) groups is 2. The molecule has 0 aromatic heterocycles. The molecule has 22 unspecified atom stereocenters. The molecule has 6 N–H and O–H groups in total. The number of hydrogen-bond donors (Lipinski definition) is 6. The molecule has 1 aliphatic heterocycles. The molecule has 15 rings (SSSR count). The highest BCUT2D eigenvalue weighted by Crippen LogP contribution is 2.81. The van der Waals surface area contributed by atoms with Gasteiger partial charge in [-0.1, -0.05) is 92.8 Å². The highest BCUT2D eigenvalue weighted by atomic mass is 16.5. The fourth-order valence-corrected chi connectivity index (χ4v) is 22.9. The van der Waals surface area contributed by atoms with Crippen LogP contribution < -0.4 is 5.32 Å². The second-order valence-electron chi connectivity index (χ2n) is 27.5. The zero-order chi connectivity index (χ0) is 51.4. The third kappa shape index (κ3) is 6.50. The van der Waals surface area contributed by atoms with Crippen molar-refractivity contribution in [1.82, 2.24) is 5.32 Å². The molecule has 9 bridgehead atoms. The fraction of sp³-hybridized carbons (Fsp3) is 0.697. The second kappa shape index (κ2) is 17.6. The van der Waals surface area contributed by atoms with Gasteiger partial charge in [0.2, 0.25) is 0 Å². The Morgan fingerprint density at radius 1 is 0.867 bits per heavy atom. The standard InChI is InChI=1S/C66H81NO8/c1-38(39-12-6-7-13-39)42-21-23-54-60(71)61-27-25-49-48(47(22-24-53(49)61)40-14-4-3-5-15-40)20-11-18-43-32-62-26-9-8-16-41-17-10-19-44(35-68)50(41)30-55(67-2)51-29-45(57(62)52-31-56(70)75-58(51)52)33-65(62,73)64(72)34-46(28-42)66(54,74)63(36-61,37-69)59(43)64/h3-5,10,14-15,17,19,31,37-39,42-43,45-49,51,53-55,57-60,67-68,71-74H,6-7,9,12-13,20-30,32-36H2,1-2H3. The van der Waals surface area contributed by atoms with Crippen LogP contribution in [0.2, 0.25) is 0 Å². The molecule has 75 heavy (non-hydrogen) atoms. The molecular formula is C66H81NO8. The monoisotopic (exact) mass is 1020 g/mol. The third-order valence-electron chi connectivity index (χ3n) is 25.6. The van der Waals surface area contributed by atoms with Gasteiger partial charge in [-0.05, 0) is 184 Å². The van der Waals surface area contributed by atoms with Crippen molar-refractivity contribution in [1.29, 1.82) is 0 Å². The summed E-state index contributed by atoms with van der Waals surface area (Å²) in [6.45, 7) is 2.30. The minimum absolute atomic E-state index is 0.118. The van der Waals surface area contributed by atoms with Crippen molar-refractivity contribution in [3.8, 4) is 23.7 Å². The van der Waals surface area contributed by atoms with Crippen LogP contribution in [0.3, 0.4) is 0 Å². The summed E-state index contributed by atoms with van der Waals surface area (Å²) in [7, 11) is 1.95. The van der Waals surface area contributed by atoms with Crippen LogP contribution in [0.15, 0.2) is 60.2 Å². The Hall–Kier alpha value is -3.80. The largest absolute Gasteiger partial charge is 0.454 e. The molecule has 0 saturated heterocycles. The number of carbonyl (C=O) groups excluding carboxylic acids is 2. The van der Waals surface area contributed by atoms with E-state index < -0.39 is 68.9 Å². The summed E-state index contributed by atoms with van der Waals surface area (Å²) in [6, 6.07) is 16.7. The lowest BCUT2D eigenvalue weighted by atomic mass is 9.31. The Morgan fingerprint density at radius 2 is 1.68 bits per heavy atom. The van der Waals surface area contributed by atoms with Crippen LogP contribution in [0.1, 0.15) is 157 Å². The summed E-state index contributed by atoms with van der Waals surface area (Å²) in [5.41, 5.74) is -3.49. The van der Waals surface area contributed by atoms with Gasteiger partial charge in [-0.3, -0.25) is 0 Å². The van der Waals surface area contributed by atoms with Crippen molar-refractivity contribution >= 4 is 12.3 Å². The zero-order valence-electron chi connectivity index (χ0n) is 44.4. The number of rotatable bonds is 6. The van der Waals surface area contributed by atoms with Crippen LogP contribution >= 0.6 is 0 Å². The minimum Gasteiger partial charge on any atom is -0.454 e. The number of aliphatic hydroxyl groups is 5. The van der Waals surface area contributed by atoms with Gasteiger partial charge in [-0.2, -0.15) is 0 Å². The van der Waals surface area contributed by atoms with Crippen molar-refractivity contribution in [3.63, 3.8) is 0 Å². The number of nitrogens with one attached hydrogen (secondary N) is 1. The molecule has 9 nitrogen and oxygen atoms in total. The van der Waals surface area contributed by atoms with Crippen LogP contribution in [0.25, 0.3) is 0 Å². The molecule has 9 saturated carbocycles. The summed E-state index contributed by atoms with van der Waals surface area (Å²) < 4.78 is 6.46. The van der Waals surface area contributed by atoms with Gasteiger partial charge in [0.1, 0.15) is 18.0 Å². The Labute approximate surface area is 444 Å². The first-order chi connectivity index (χ1) is 36.3. The molecule has 0 amide bonds. The summed E-state index contributed by atoms with van der Waals surface area (Å²) in [6.07, 6.45) is 15.9. The van der Waals surface area contributed by atoms with E-state index >= 15 is 9.90 Å². The molecule has 2 aromatic rings. The lowest BCUT2D eigenvalue weighted by Crippen LogP contribution is -2.83. The third-order valence-corrected chi connectivity index (χ3v) is 25.6. The number of ether oxygens (including phenoxy) is 1. The van der Waals surface area contributed by atoms with E-state index in [1.807, 2.05) is 25.2 Å². The van der Waals surface area contributed by atoms with Crippen LogP contribution in [-0.2, 0) is 27.4 Å². The smallest absolute Gasteiger partial charge is 0.331 e. The van der Waals surface area contributed by atoms with E-state index in [2.05, 4.69) is 66.3 Å².